The molecule has 0 aromatic heterocycles. The Morgan fingerprint density at radius 2 is 1.67 bits per heavy atom. The summed E-state index contributed by atoms with van der Waals surface area (Å²) in [6.45, 7) is 0.427. The highest BCUT2D eigenvalue weighted by Crippen LogP contribution is 2.25. The van der Waals surface area contributed by atoms with Crippen LogP contribution in [0.4, 0.5) is 20.2 Å². The highest BCUT2D eigenvalue weighted by molar-refractivity contribution is 7.93. The smallest absolute Gasteiger partial charge is 0.255 e. The highest BCUT2D eigenvalue weighted by atomic mass is 32.2. The Bertz CT molecular complexity index is 862. The van der Waals surface area contributed by atoms with E-state index in [4.69, 9.17) is 0 Å². The van der Waals surface area contributed by atoms with Gasteiger partial charge in [-0.05, 0) is 42.8 Å². The maximum atomic E-state index is 13.1. The Labute approximate surface area is 138 Å². The molecule has 8 heteroatoms. The summed E-state index contributed by atoms with van der Waals surface area (Å²) in [5.74, 6) is -2.21. The van der Waals surface area contributed by atoms with Crippen molar-refractivity contribution in [2.75, 3.05) is 21.9 Å². The van der Waals surface area contributed by atoms with E-state index < -0.39 is 27.6 Å². The lowest BCUT2D eigenvalue weighted by Crippen LogP contribution is -2.25. The Balaban J connectivity index is 1.75. The molecule has 0 aliphatic carbocycles. The van der Waals surface area contributed by atoms with E-state index in [0.717, 1.165) is 12.1 Å². The predicted molar refractivity (Wildman–Crippen MR) is 86.5 cm³/mol. The van der Waals surface area contributed by atoms with Gasteiger partial charge in [0.15, 0.2) is 0 Å². The van der Waals surface area contributed by atoms with Gasteiger partial charge in [-0.25, -0.2) is 17.2 Å². The second-order valence-electron chi connectivity index (χ2n) is 5.40. The first-order valence-electron chi connectivity index (χ1n) is 7.23. The molecule has 0 spiro atoms. The molecule has 5 nitrogen and oxygen atoms in total. The van der Waals surface area contributed by atoms with Crippen molar-refractivity contribution < 1.29 is 22.0 Å². The fraction of sp³-hybridized carbons (Fsp3) is 0.188. The van der Waals surface area contributed by atoms with Gasteiger partial charge in [0.05, 0.1) is 11.4 Å². The van der Waals surface area contributed by atoms with Crippen LogP contribution in [-0.2, 0) is 10.0 Å². The number of halogens is 2. The number of hydrogen-bond donors (Lipinski definition) is 1. The number of nitrogens with one attached hydrogen (secondary N) is 1. The molecular weight excluding hydrogens is 338 g/mol. The van der Waals surface area contributed by atoms with Gasteiger partial charge in [0.1, 0.15) is 11.6 Å². The number of anilines is 2. The van der Waals surface area contributed by atoms with Crippen LogP contribution in [0.15, 0.2) is 42.5 Å². The molecule has 1 aliphatic heterocycles. The average molecular weight is 352 g/mol. The van der Waals surface area contributed by atoms with Crippen molar-refractivity contribution in [3.8, 4) is 0 Å². The summed E-state index contributed by atoms with van der Waals surface area (Å²) in [4.78, 5) is 12.0. The van der Waals surface area contributed by atoms with Crippen LogP contribution in [0.1, 0.15) is 16.8 Å². The minimum absolute atomic E-state index is 0.122. The molecule has 1 aliphatic rings. The predicted octanol–water partition coefficient (Wildman–Crippen LogP) is 2.76. The van der Waals surface area contributed by atoms with Crippen LogP contribution in [-0.4, -0.2) is 26.6 Å². The Morgan fingerprint density at radius 1 is 1.04 bits per heavy atom. The summed E-state index contributed by atoms with van der Waals surface area (Å²) < 4.78 is 51.3. The summed E-state index contributed by atoms with van der Waals surface area (Å²) in [5.41, 5.74) is 0.769. The number of benzene rings is 2. The van der Waals surface area contributed by atoms with Gasteiger partial charge >= 0.3 is 0 Å². The second-order valence-corrected chi connectivity index (χ2v) is 7.41. The maximum Gasteiger partial charge on any atom is 0.255 e. The first-order valence-corrected chi connectivity index (χ1v) is 8.84. The minimum atomic E-state index is -3.27. The molecule has 0 unspecified atom stereocenters. The summed E-state index contributed by atoms with van der Waals surface area (Å²) >= 11 is 0. The lowest BCUT2D eigenvalue weighted by molar-refractivity contribution is 0.102. The zero-order valence-electron chi connectivity index (χ0n) is 12.5. The van der Waals surface area contributed by atoms with E-state index in [1.165, 1.54) is 16.4 Å². The first-order chi connectivity index (χ1) is 11.3. The number of carbonyl (C=O) groups excluding carboxylic acids is 1. The number of amides is 1. The van der Waals surface area contributed by atoms with Crippen molar-refractivity contribution in [1.29, 1.82) is 0 Å². The van der Waals surface area contributed by atoms with Gasteiger partial charge in [0.2, 0.25) is 10.0 Å². The van der Waals surface area contributed by atoms with Crippen molar-refractivity contribution >= 4 is 27.3 Å². The van der Waals surface area contributed by atoms with E-state index in [1.807, 2.05) is 0 Å². The highest BCUT2D eigenvalue weighted by Gasteiger charge is 2.28. The van der Waals surface area contributed by atoms with Crippen molar-refractivity contribution in [1.82, 2.24) is 0 Å². The molecule has 126 valence electrons. The molecule has 1 amide bonds. The monoisotopic (exact) mass is 352 g/mol. The molecule has 2 aromatic carbocycles. The van der Waals surface area contributed by atoms with Gasteiger partial charge in [-0.1, -0.05) is 0 Å². The van der Waals surface area contributed by atoms with Gasteiger partial charge in [-0.3, -0.25) is 9.10 Å². The van der Waals surface area contributed by atoms with Crippen LogP contribution in [0.3, 0.4) is 0 Å². The van der Waals surface area contributed by atoms with Crippen molar-refractivity contribution in [3.05, 3.63) is 59.7 Å². The Morgan fingerprint density at radius 3 is 2.21 bits per heavy atom. The van der Waals surface area contributed by atoms with Gasteiger partial charge in [-0.2, -0.15) is 0 Å². The number of carbonyl (C=O) groups is 1. The van der Waals surface area contributed by atoms with E-state index in [1.54, 1.807) is 12.1 Å². The molecule has 1 fully saturated rings. The molecule has 0 saturated carbocycles. The minimum Gasteiger partial charge on any atom is -0.322 e. The SMILES string of the molecule is O=C(Nc1ccc(N2CCCS2(=O)=O)cc1)c1cc(F)cc(F)c1. The average Bonchev–Trinajstić information content (AvgIpc) is 2.86. The lowest BCUT2D eigenvalue weighted by atomic mass is 10.2. The third-order valence-corrected chi connectivity index (χ3v) is 5.51. The lowest BCUT2D eigenvalue weighted by Gasteiger charge is -2.17. The van der Waals surface area contributed by atoms with E-state index in [9.17, 15) is 22.0 Å². The second kappa shape index (κ2) is 6.20. The molecule has 1 N–H and O–H groups in total. The van der Waals surface area contributed by atoms with Crippen LogP contribution in [0.2, 0.25) is 0 Å². The molecule has 1 heterocycles. The van der Waals surface area contributed by atoms with Crippen molar-refractivity contribution in [2.45, 2.75) is 6.42 Å². The van der Waals surface area contributed by atoms with Crippen molar-refractivity contribution in [3.63, 3.8) is 0 Å². The third kappa shape index (κ3) is 3.38. The van der Waals surface area contributed by atoms with Crippen LogP contribution < -0.4 is 9.62 Å². The van der Waals surface area contributed by atoms with Crippen LogP contribution in [0, 0.1) is 11.6 Å². The molecule has 0 atom stereocenters. The fourth-order valence-corrected chi connectivity index (χ4v) is 4.09. The normalized spacial score (nSPS) is 16.2. The maximum absolute atomic E-state index is 13.1. The summed E-state index contributed by atoms with van der Waals surface area (Å²) in [5, 5.41) is 2.51. The van der Waals surface area contributed by atoms with Gasteiger partial charge in [0, 0.05) is 23.9 Å². The first kappa shape index (κ1) is 16.4. The van der Waals surface area contributed by atoms with E-state index >= 15 is 0 Å². The summed E-state index contributed by atoms with van der Waals surface area (Å²) in [7, 11) is -3.27. The molecular formula is C16H14F2N2O3S. The zero-order chi connectivity index (χ0) is 17.3. The Kier molecular flexibility index (Phi) is 4.23. The largest absolute Gasteiger partial charge is 0.322 e. The van der Waals surface area contributed by atoms with Gasteiger partial charge in [-0.15, -0.1) is 0 Å². The number of rotatable bonds is 3. The topological polar surface area (TPSA) is 66.5 Å². The van der Waals surface area contributed by atoms with E-state index in [-0.39, 0.29) is 11.3 Å². The number of nitrogens with zero attached hydrogens (tertiary/aromatic N) is 1. The standard InChI is InChI=1S/C16H14F2N2O3S/c17-12-8-11(9-13(18)10-12)16(21)19-14-2-4-15(5-3-14)20-6-1-7-24(20,22)23/h2-5,8-10H,1,6-7H2,(H,19,21). The molecule has 2 aromatic rings. The molecule has 1 saturated heterocycles. The van der Waals surface area contributed by atoms with Crippen LogP contribution in [0.25, 0.3) is 0 Å². The van der Waals surface area contributed by atoms with Crippen molar-refractivity contribution in [2.24, 2.45) is 0 Å². The van der Waals surface area contributed by atoms with Crippen LogP contribution >= 0.6 is 0 Å². The molecule has 0 radical (unpaired) electrons. The number of sulfonamides is 1. The number of hydrogen-bond acceptors (Lipinski definition) is 3. The molecule has 24 heavy (non-hydrogen) atoms. The molecule has 0 bridgehead atoms. The zero-order valence-corrected chi connectivity index (χ0v) is 13.3. The van der Waals surface area contributed by atoms with Gasteiger partial charge in [0.25, 0.3) is 5.91 Å². The summed E-state index contributed by atoms with van der Waals surface area (Å²) in [6, 6.07) is 8.78. The Hall–Kier alpha value is -2.48. The van der Waals surface area contributed by atoms with E-state index in [0.29, 0.717) is 30.4 Å². The quantitative estimate of drug-likeness (QED) is 0.924. The van der Waals surface area contributed by atoms with Gasteiger partial charge < -0.3 is 5.32 Å². The molecule has 3 rings (SSSR count). The third-order valence-electron chi connectivity index (χ3n) is 3.64. The summed E-state index contributed by atoms with van der Waals surface area (Å²) in [6.07, 6.45) is 0.575. The van der Waals surface area contributed by atoms with Crippen LogP contribution in [0.5, 0.6) is 0 Å². The van der Waals surface area contributed by atoms with E-state index in [2.05, 4.69) is 5.32 Å². The fourth-order valence-electron chi connectivity index (χ4n) is 2.53.